The van der Waals surface area contributed by atoms with E-state index in [9.17, 15) is 14.0 Å². The number of rotatable bonds is 3. The van der Waals surface area contributed by atoms with Crippen LogP contribution in [0.2, 0.25) is 10.0 Å². The topological polar surface area (TPSA) is 66.4 Å². The molecule has 4 nitrogen and oxygen atoms in total. The summed E-state index contributed by atoms with van der Waals surface area (Å²) in [7, 11) is 0. The molecule has 1 aromatic carbocycles. The fraction of sp³-hybridized carbons (Fsp3) is 0.385. The van der Waals surface area contributed by atoms with E-state index in [0.717, 1.165) is 12.1 Å². The molecule has 0 heterocycles. The summed E-state index contributed by atoms with van der Waals surface area (Å²) in [6.45, 7) is 0. The highest BCUT2D eigenvalue weighted by atomic mass is 35.5. The monoisotopic (exact) mass is 319 g/mol. The molecule has 1 fully saturated rings. The molecule has 0 saturated heterocycles. The first-order chi connectivity index (χ1) is 9.40. The van der Waals surface area contributed by atoms with Gasteiger partial charge in [0, 0.05) is 0 Å². The number of carboxylic acid groups (broad SMARTS) is 1. The van der Waals surface area contributed by atoms with E-state index in [0.29, 0.717) is 19.3 Å². The van der Waals surface area contributed by atoms with Crippen LogP contribution in [0.5, 0.6) is 0 Å². The van der Waals surface area contributed by atoms with Crippen LogP contribution >= 0.6 is 23.2 Å². The van der Waals surface area contributed by atoms with Crippen LogP contribution in [0.1, 0.15) is 19.3 Å². The molecule has 0 aliphatic heterocycles. The molecule has 2 atom stereocenters. The normalized spacial score (nSPS) is 21.8. The maximum Gasteiger partial charge on any atom is 0.307 e. The van der Waals surface area contributed by atoms with Crippen molar-refractivity contribution in [3.05, 3.63) is 28.0 Å². The van der Waals surface area contributed by atoms with Gasteiger partial charge < -0.3 is 10.4 Å². The Labute approximate surface area is 124 Å². The molecule has 0 spiro atoms. The summed E-state index contributed by atoms with van der Waals surface area (Å²) in [5.41, 5.74) is 0.107. The Morgan fingerprint density at radius 3 is 2.30 bits per heavy atom. The largest absolute Gasteiger partial charge is 0.481 e. The molecule has 1 aliphatic rings. The third kappa shape index (κ3) is 3.04. The number of aliphatic carboxylic acids is 1. The van der Waals surface area contributed by atoms with Gasteiger partial charge in [0.2, 0.25) is 5.91 Å². The minimum absolute atomic E-state index is 0.0202. The van der Waals surface area contributed by atoms with Gasteiger partial charge in [-0.2, -0.15) is 0 Å². The summed E-state index contributed by atoms with van der Waals surface area (Å²) in [5, 5.41) is 11.5. The second-order valence-corrected chi connectivity index (χ2v) is 5.53. The van der Waals surface area contributed by atoms with Gasteiger partial charge in [0.15, 0.2) is 0 Å². The lowest BCUT2D eigenvalue weighted by Gasteiger charge is -2.17. The molecule has 0 radical (unpaired) electrons. The van der Waals surface area contributed by atoms with Crippen LogP contribution in [0.25, 0.3) is 0 Å². The predicted octanol–water partition coefficient (Wildman–Crippen LogP) is 3.57. The molecular formula is C13H12Cl2FNO3. The van der Waals surface area contributed by atoms with Gasteiger partial charge >= 0.3 is 5.97 Å². The van der Waals surface area contributed by atoms with Crippen LogP contribution in [0.15, 0.2) is 12.1 Å². The Kier molecular flexibility index (Phi) is 4.50. The van der Waals surface area contributed by atoms with E-state index < -0.39 is 29.5 Å². The van der Waals surface area contributed by atoms with E-state index in [1.54, 1.807) is 0 Å². The molecular weight excluding hydrogens is 308 g/mol. The van der Waals surface area contributed by atoms with Gasteiger partial charge in [-0.15, -0.1) is 0 Å². The highest BCUT2D eigenvalue weighted by molar-refractivity contribution is 6.39. The van der Waals surface area contributed by atoms with E-state index in [1.165, 1.54) is 0 Å². The lowest BCUT2D eigenvalue weighted by atomic mass is 9.95. The first kappa shape index (κ1) is 15.1. The Hall–Kier alpha value is -1.33. The molecule has 1 aliphatic carbocycles. The van der Waals surface area contributed by atoms with Crippen LogP contribution in [-0.2, 0) is 9.59 Å². The van der Waals surface area contributed by atoms with Crippen LogP contribution in [0, 0.1) is 17.7 Å². The number of hydrogen-bond donors (Lipinski definition) is 2. The van der Waals surface area contributed by atoms with Crippen molar-refractivity contribution >= 4 is 40.8 Å². The summed E-state index contributed by atoms with van der Waals surface area (Å²) >= 11 is 11.7. The summed E-state index contributed by atoms with van der Waals surface area (Å²) in [5.74, 6) is -3.37. The second-order valence-electron chi connectivity index (χ2n) is 4.72. The molecule has 0 bridgehead atoms. The quantitative estimate of drug-likeness (QED) is 0.895. The van der Waals surface area contributed by atoms with E-state index >= 15 is 0 Å². The maximum absolute atomic E-state index is 13.1. The van der Waals surface area contributed by atoms with Crippen LogP contribution in [0.4, 0.5) is 10.1 Å². The number of hydrogen-bond acceptors (Lipinski definition) is 2. The molecule has 1 amide bonds. The van der Waals surface area contributed by atoms with E-state index in [2.05, 4.69) is 5.32 Å². The van der Waals surface area contributed by atoms with Gasteiger partial charge in [0.05, 0.1) is 27.6 Å². The average Bonchev–Trinajstić information content (AvgIpc) is 2.82. The Morgan fingerprint density at radius 2 is 1.75 bits per heavy atom. The smallest absolute Gasteiger partial charge is 0.307 e. The van der Waals surface area contributed by atoms with Crippen molar-refractivity contribution in [2.24, 2.45) is 11.8 Å². The van der Waals surface area contributed by atoms with Crippen LogP contribution in [0.3, 0.4) is 0 Å². The molecule has 2 unspecified atom stereocenters. The zero-order valence-electron chi connectivity index (χ0n) is 10.3. The number of halogens is 3. The summed E-state index contributed by atoms with van der Waals surface area (Å²) in [6, 6.07) is 2.07. The third-order valence-electron chi connectivity index (χ3n) is 3.43. The van der Waals surface area contributed by atoms with Crippen molar-refractivity contribution in [2.75, 3.05) is 5.32 Å². The van der Waals surface area contributed by atoms with Gasteiger partial charge in [-0.1, -0.05) is 29.6 Å². The fourth-order valence-corrected chi connectivity index (χ4v) is 3.00. The number of carbonyl (C=O) groups excluding carboxylic acids is 1. The van der Waals surface area contributed by atoms with Gasteiger partial charge in [0.25, 0.3) is 0 Å². The molecule has 2 N–H and O–H groups in total. The van der Waals surface area contributed by atoms with Crippen molar-refractivity contribution < 1.29 is 19.1 Å². The zero-order valence-corrected chi connectivity index (χ0v) is 11.8. The molecule has 7 heteroatoms. The predicted molar refractivity (Wildman–Crippen MR) is 73.5 cm³/mol. The highest BCUT2D eigenvalue weighted by Gasteiger charge is 2.38. The van der Waals surface area contributed by atoms with Crippen molar-refractivity contribution in [3.8, 4) is 0 Å². The number of carboxylic acids is 1. The Bertz CT molecular complexity index is 542. The number of anilines is 1. The lowest BCUT2D eigenvalue weighted by Crippen LogP contribution is -2.30. The standard InChI is InChI=1S/C13H12Cl2FNO3/c14-9-4-6(16)5-10(15)11(9)17-12(18)7-2-1-3-8(7)13(19)20/h4-5,7-8H,1-3H2,(H,17,18)(H,19,20). The number of benzene rings is 1. The highest BCUT2D eigenvalue weighted by Crippen LogP contribution is 2.36. The van der Waals surface area contributed by atoms with E-state index in [1.807, 2.05) is 0 Å². The lowest BCUT2D eigenvalue weighted by molar-refractivity contribution is -0.145. The SMILES string of the molecule is O=C(O)C1CCCC1C(=O)Nc1c(Cl)cc(F)cc1Cl. The van der Waals surface area contributed by atoms with Crippen molar-refractivity contribution in [3.63, 3.8) is 0 Å². The van der Waals surface area contributed by atoms with Crippen LogP contribution in [-0.4, -0.2) is 17.0 Å². The van der Waals surface area contributed by atoms with Gasteiger partial charge in [0.1, 0.15) is 5.82 Å². The van der Waals surface area contributed by atoms with Crippen molar-refractivity contribution in [2.45, 2.75) is 19.3 Å². The first-order valence-corrected chi connectivity index (χ1v) is 6.84. The number of amides is 1. The van der Waals surface area contributed by atoms with Gasteiger partial charge in [-0.05, 0) is 25.0 Å². The fourth-order valence-electron chi connectivity index (χ4n) is 2.45. The number of nitrogens with one attached hydrogen (secondary N) is 1. The Balaban J connectivity index is 2.18. The van der Waals surface area contributed by atoms with E-state index in [-0.39, 0.29) is 15.7 Å². The number of carbonyl (C=O) groups is 2. The Morgan fingerprint density at radius 1 is 1.20 bits per heavy atom. The molecule has 2 rings (SSSR count). The minimum Gasteiger partial charge on any atom is -0.481 e. The molecule has 20 heavy (non-hydrogen) atoms. The van der Waals surface area contributed by atoms with Crippen LogP contribution < -0.4 is 5.32 Å². The van der Waals surface area contributed by atoms with E-state index in [4.69, 9.17) is 28.3 Å². The maximum atomic E-state index is 13.1. The molecule has 1 aromatic rings. The zero-order chi connectivity index (χ0) is 14.9. The van der Waals surface area contributed by atoms with Gasteiger partial charge in [-0.25, -0.2) is 4.39 Å². The van der Waals surface area contributed by atoms with Crippen molar-refractivity contribution in [1.82, 2.24) is 0 Å². The first-order valence-electron chi connectivity index (χ1n) is 6.08. The second kappa shape index (κ2) is 5.97. The third-order valence-corrected chi connectivity index (χ3v) is 4.02. The minimum atomic E-state index is -0.987. The molecule has 0 aromatic heterocycles. The summed E-state index contributed by atoms with van der Waals surface area (Å²) in [4.78, 5) is 23.2. The summed E-state index contributed by atoms with van der Waals surface area (Å²) in [6.07, 6.45) is 1.65. The molecule has 108 valence electrons. The average molecular weight is 320 g/mol. The van der Waals surface area contributed by atoms with Gasteiger partial charge in [-0.3, -0.25) is 9.59 Å². The molecule has 1 saturated carbocycles. The summed E-state index contributed by atoms with van der Waals surface area (Å²) < 4.78 is 13.1. The van der Waals surface area contributed by atoms with Crippen molar-refractivity contribution in [1.29, 1.82) is 0 Å².